The lowest BCUT2D eigenvalue weighted by Crippen LogP contribution is -2.21. The maximum atomic E-state index is 2.46. The monoisotopic (exact) mass is 281 g/mol. The van der Waals surface area contributed by atoms with E-state index in [2.05, 4.69) is 73.3 Å². The number of thiophene rings is 1. The molecule has 102 valence electrons. The van der Waals surface area contributed by atoms with Crippen molar-refractivity contribution < 1.29 is 0 Å². The van der Waals surface area contributed by atoms with Crippen LogP contribution in [0.1, 0.15) is 13.8 Å². The first-order chi connectivity index (χ1) is 9.85. The summed E-state index contributed by atoms with van der Waals surface area (Å²) in [6, 6.07) is 19.4. The van der Waals surface area contributed by atoms with Crippen LogP contribution in [-0.4, -0.2) is 13.1 Å². The van der Waals surface area contributed by atoms with Crippen molar-refractivity contribution in [2.45, 2.75) is 13.8 Å². The van der Waals surface area contributed by atoms with Crippen molar-refractivity contribution in [2.24, 2.45) is 0 Å². The van der Waals surface area contributed by atoms with Gasteiger partial charge in [-0.2, -0.15) is 0 Å². The Balaban J connectivity index is 2.28. The average Bonchev–Trinajstić information content (AvgIpc) is 2.89. The van der Waals surface area contributed by atoms with Crippen molar-refractivity contribution in [1.29, 1.82) is 0 Å². The Morgan fingerprint density at radius 2 is 1.50 bits per heavy atom. The van der Waals surface area contributed by atoms with Crippen molar-refractivity contribution in [1.82, 2.24) is 0 Å². The summed E-state index contributed by atoms with van der Waals surface area (Å²) in [6.07, 6.45) is 0. The summed E-state index contributed by atoms with van der Waals surface area (Å²) in [6.45, 7) is 6.53. The predicted octanol–water partition coefficient (Wildman–Crippen LogP) is 5.41. The molecule has 0 amide bonds. The van der Waals surface area contributed by atoms with Gasteiger partial charge in [0.2, 0.25) is 0 Å². The molecule has 1 aromatic heterocycles. The van der Waals surface area contributed by atoms with E-state index < -0.39 is 0 Å². The fraction of sp³-hybridized carbons (Fsp3) is 0.222. The largest absolute Gasteiger partial charge is 0.370 e. The van der Waals surface area contributed by atoms with Crippen molar-refractivity contribution >= 4 is 27.1 Å². The second-order valence-electron chi connectivity index (χ2n) is 4.81. The normalized spacial score (nSPS) is 10.9. The molecule has 1 nitrogen and oxygen atoms in total. The van der Waals surface area contributed by atoms with Gasteiger partial charge < -0.3 is 4.90 Å². The Kier molecular flexibility index (Phi) is 3.75. The molecule has 0 aliphatic heterocycles. The summed E-state index contributed by atoms with van der Waals surface area (Å²) in [5, 5.41) is 1.38. The summed E-state index contributed by atoms with van der Waals surface area (Å²) in [4.78, 5) is 3.84. The van der Waals surface area contributed by atoms with E-state index in [0.29, 0.717) is 0 Å². The van der Waals surface area contributed by atoms with Gasteiger partial charge in [-0.15, -0.1) is 11.3 Å². The van der Waals surface area contributed by atoms with Crippen LogP contribution < -0.4 is 4.90 Å². The molecule has 2 heteroatoms. The lowest BCUT2D eigenvalue weighted by Gasteiger charge is -2.22. The van der Waals surface area contributed by atoms with Crippen LogP contribution in [0.15, 0.2) is 54.6 Å². The minimum Gasteiger partial charge on any atom is -0.370 e. The molecule has 1 heterocycles. The van der Waals surface area contributed by atoms with Crippen molar-refractivity contribution in [3.05, 3.63) is 54.6 Å². The highest BCUT2D eigenvalue weighted by molar-refractivity contribution is 7.23. The van der Waals surface area contributed by atoms with Gasteiger partial charge in [0.25, 0.3) is 0 Å². The van der Waals surface area contributed by atoms with Crippen LogP contribution in [0.5, 0.6) is 0 Å². The fourth-order valence-corrected chi connectivity index (χ4v) is 3.90. The summed E-state index contributed by atoms with van der Waals surface area (Å²) in [7, 11) is 0. The molecule has 0 radical (unpaired) electrons. The van der Waals surface area contributed by atoms with E-state index in [1.54, 1.807) is 0 Å². The van der Waals surface area contributed by atoms with E-state index in [-0.39, 0.29) is 0 Å². The van der Waals surface area contributed by atoms with Crippen LogP contribution in [0.4, 0.5) is 5.69 Å². The van der Waals surface area contributed by atoms with Crippen LogP contribution in [0.2, 0.25) is 0 Å². The molecule has 0 atom stereocenters. The molecule has 0 fully saturated rings. The van der Waals surface area contributed by atoms with E-state index in [4.69, 9.17) is 0 Å². The third-order valence-electron chi connectivity index (χ3n) is 3.68. The number of anilines is 1. The van der Waals surface area contributed by atoms with Gasteiger partial charge in [-0.3, -0.25) is 0 Å². The number of fused-ring (bicyclic) bond motifs is 1. The number of nitrogens with zero attached hydrogens (tertiary/aromatic N) is 1. The Hall–Kier alpha value is -1.80. The Labute approximate surface area is 124 Å². The number of rotatable bonds is 4. The molecule has 0 unspecified atom stereocenters. The molecule has 20 heavy (non-hydrogen) atoms. The lowest BCUT2D eigenvalue weighted by molar-refractivity contribution is 0.873. The molecule has 0 saturated carbocycles. The number of hydrogen-bond donors (Lipinski definition) is 0. The third kappa shape index (κ3) is 2.20. The molecular weight excluding hydrogens is 262 g/mol. The summed E-state index contributed by atoms with van der Waals surface area (Å²) < 4.78 is 1.37. The highest BCUT2D eigenvalue weighted by Crippen LogP contribution is 2.44. The average molecular weight is 281 g/mol. The zero-order valence-corrected chi connectivity index (χ0v) is 12.8. The molecule has 0 saturated heterocycles. The molecule has 2 aromatic carbocycles. The second kappa shape index (κ2) is 5.68. The standard InChI is InChI=1S/C18H19NS/c1-3-19(4-2)17-15-12-8-9-13-16(15)20-18(17)14-10-6-5-7-11-14/h5-13H,3-4H2,1-2H3. The van der Waals surface area contributed by atoms with Gasteiger partial charge in [0, 0.05) is 23.2 Å². The highest BCUT2D eigenvalue weighted by atomic mass is 32.1. The maximum absolute atomic E-state index is 2.46. The van der Waals surface area contributed by atoms with E-state index in [9.17, 15) is 0 Å². The van der Waals surface area contributed by atoms with Crippen LogP contribution in [0.25, 0.3) is 20.5 Å². The minimum absolute atomic E-state index is 1.04. The molecule has 0 N–H and O–H groups in total. The van der Waals surface area contributed by atoms with Crippen LogP contribution in [0, 0.1) is 0 Å². The quantitative estimate of drug-likeness (QED) is 0.617. The molecule has 3 aromatic rings. The predicted molar refractivity (Wildman–Crippen MR) is 90.8 cm³/mol. The summed E-state index contributed by atoms with van der Waals surface area (Å²) in [5.41, 5.74) is 2.71. The third-order valence-corrected chi connectivity index (χ3v) is 4.89. The molecule has 3 rings (SSSR count). The van der Waals surface area contributed by atoms with Crippen LogP contribution in [-0.2, 0) is 0 Å². The molecular formula is C18H19NS. The fourth-order valence-electron chi connectivity index (χ4n) is 2.67. The molecule has 0 aliphatic rings. The van der Waals surface area contributed by atoms with Gasteiger partial charge in [0.05, 0.1) is 10.6 Å². The van der Waals surface area contributed by atoms with E-state index >= 15 is 0 Å². The van der Waals surface area contributed by atoms with Gasteiger partial charge in [0.1, 0.15) is 0 Å². The minimum atomic E-state index is 1.04. The van der Waals surface area contributed by atoms with Crippen molar-refractivity contribution in [2.75, 3.05) is 18.0 Å². The molecule has 0 bridgehead atoms. The highest BCUT2D eigenvalue weighted by Gasteiger charge is 2.17. The van der Waals surface area contributed by atoms with E-state index in [0.717, 1.165) is 13.1 Å². The van der Waals surface area contributed by atoms with Crippen LogP contribution >= 0.6 is 11.3 Å². The second-order valence-corrected chi connectivity index (χ2v) is 5.87. The van der Waals surface area contributed by atoms with Gasteiger partial charge >= 0.3 is 0 Å². The zero-order chi connectivity index (χ0) is 13.9. The van der Waals surface area contributed by atoms with Crippen molar-refractivity contribution in [3.63, 3.8) is 0 Å². The van der Waals surface area contributed by atoms with E-state index in [1.807, 2.05) is 11.3 Å². The van der Waals surface area contributed by atoms with Gasteiger partial charge in [-0.1, -0.05) is 48.5 Å². The Morgan fingerprint density at radius 1 is 0.850 bits per heavy atom. The Morgan fingerprint density at radius 3 is 2.20 bits per heavy atom. The first kappa shape index (κ1) is 13.2. The van der Waals surface area contributed by atoms with Crippen LogP contribution in [0.3, 0.4) is 0 Å². The lowest BCUT2D eigenvalue weighted by atomic mass is 10.1. The molecule has 0 aliphatic carbocycles. The number of benzene rings is 2. The smallest absolute Gasteiger partial charge is 0.0635 e. The maximum Gasteiger partial charge on any atom is 0.0635 e. The topological polar surface area (TPSA) is 3.24 Å². The first-order valence-electron chi connectivity index (χ1n) is 7.17. The SMILES string of the molecule is CCN(CC)c1c(-c2ccccc2)sc2ccccc12. The van der Waals surface area contributed by atoms with Crippen molar-refractivity contribution in [3.8, 4) is 10.4 Å². The van der Waals surface area contributed by atoms with Gasteiger partial charge in [-0.05, 0) is 25.5 Å². The summed E-state index contributed by atoms with van der Waals surface area (Å²) >= 11 is 1.89. The summed E-state index contributed by atoms with van der Waals surface area (Å²) in [5.74, 6) is 0. The van der Waals surface area contributed by atoms with E-state index in [1.165, 1.54) is 26.2 Å². The van der Waals surface area contributed by atoms with Gasteiger partial charge in [0.15, 0.2) is 0 Å². The number of hydrogen-bond acceptors (Lipinski definition) is 2. The zero-order valence-electron chi connectivity index (χ0n) is 12.0. The Bertz CT molecular complexity index is 696. The molecule has 0 spiro atoms. The van der Waals surface area contributed by atoms with Gasteiger partial charge in [-0.25, -0.2) is 0 Å². The first-order valence-corrected chi connectivity index (χ1v) is 7.98.